The highest BCUT2D eigenvalue weighted by atomic mass is 15.0. The van der Waals surface area contributed by atoms with Crippen molar-refractivity contribution in [1.29, 1.82) is 0 Å². The van der Waals surface area contributed by atoms with Gasteiger partial charge in [-0.05, 0) is 50.2 Å². The quantitative estimate of drug-likeness (QED) is 0.293. The van der Waals surface area contributed by atoms with E-state index < -0.39 is 0 Å². The van der Waals surface area contributed by atoms with Gasteiger partial charge in [-0.1, -0.05) is 71.8 Å². The normalized spacial score (nSPS) is 11.5. The lowest BCUT2D eigenvalue weighted by atomic mass is 9.99. The summed E-state index contributed by atoms with van der Waals surface area (Å²) in [5.41, 5.74) is 9.32. The predicted molar refractivity (Wildman–Crippen MR) is 131 cm³/mol. The van der Waals surface area contributed by atoms with Gasteiger partial charge in [-0.3, -0.25) is 0 Å². The number of hydrogen-bond acceptors (Lipinski definition) is 1. The molecule has 6 aromatic rings. The van der Waals surface area contributed by atoms with E-state index in [1.165, 1.54) is 43.9 Å². The molecule has 0 fully saturated rings. The van der Waals surface area contributed by atoms with Gasteiger partial charge in [0.15, 0.2) is 0 Å². The molecule has 148 valence electrons. The Bertz CT molecular complexity index is 1570. The minimum Gasteiger partial charge on any atom is -0.308 e. The number of aromatic nitrogens is 2. The van der Waals surface area contributed by atoms with Crippen LogP contribution in [0.3, 0.4) is 0 Å². The van der Waals surface area contributed by atoms with Crippen LogP contribution in [0.1, 0.15) is 11.1 Å². The lowest BCUT2D eigenvalue weighted by Crippen LogP contribution is -1.96. The Hall–Kier alpha value is -3.91. The van der Waals surface area contributed by atoms with E-state index in [0.29, 0.717) is 0 Å². The first kappa shape index (κ1) is 17.9. The van der Waals surface area contributed by atoms with Crippen molar-refractivity contribution >= 4 is 32.7 Å². The Kier molecular flexibility index (Phi) is 3.94. The maximum atomic E-state index is 5.20. The Morgan fingerprint density at radius 1 is 0.645 bits per heavy atom. The molecule has 2 heteroatoms. The first-order valence-corrected chi connectivity index (χ1v) is 10.7. The molecule has 2 nitrogen and oxygen atoms in total. The van der Waals surface area contributed by atoms with E-state index in [4.69, 9.17) is 4.98 Å². The first-order chi connectivity index (χ1) is 15.2. The molecule has 0 aliphatic rings. The summed E-state index contributed by atoms with van der Waals surface area (Å²) in [5.74, 6) is 0. The third-order valence-electron chi connectivity index (χ3n) is 6.01. The van der Waals surface area contributed by atoms with Crippen LogP contribution in [0, 0.1) is 13.8 Å². The van der Waals surface area contributed by atoms with E-state index in [-0.39, 0.29) is 0 Å². The molecule has 0 N–H and O–H groups in total. The number of benzene rings is 4. The standard InChI is InChI=1S/C29H22N2/c1-19-16-20(2)18-21(17-19)28-27-24-13-7-9-15-26(24)31(22-10-4-3-5-11-22)29(27)23-12-6-8-14-25(23)30-28/h3-18H,1-2H3. The maximum Gasteiger partial charge on any atom is 0.0810 e. The minimum absolute atomic E-state index is 1.02. The molecule has 0 bridgehead atoms. The van der Waals surface area contributed by atoms with E-state index in [2.05, 4.69) is 115 Å². The summed E-state index contributed by atoms with van der Waals surface area (Å²) in [5, 5.41) is 3.61. The summed E-state index contributed by atoms with van der Waals surface area (Å²) in [6.07, 6.45) is 0. The summed E-state index contributed by atoms with van der Waals surface area (Å²) in [6.45, 7) is 4.31. The molecule has 0 amide bonds. The van der Waals surface area contributed by atoms with Gasteiger partial charge >= 0.3 is 0 Å². The monoisotopic (exact) mass is 398 g/mol. The van der Waals surface area contributed by atoms with Gasteiger partial charge in [0.1, 0.15) is 0 Å². The molecule has 6 rings (SSSR count). The molecule has 0 saturated heterocycles. The van der Waals surface area contributed by atoms with E-state index in [1.807, 2.05) is 0 Å². The van der Waals surface area contributed by atoms with Gasteiger partial charge in [0, 0.05) is 27.4 Å². The van der Waals surface area contributed by atoms with Crippen LogP contribution < -0.4 is 0 Å². The molecule has 0 aliphatic heterocycles. The molecule has 0 radical (unpaired) electrons. The van der Waals surface area contributed by atoms with Crippen molar-refractivity contribution in [2.45, 2.75) is 13.8 Å². The molecule has 0 aliphatic carbocycles. The number of nitrogens with zero attached hydrogens (tertiary/aromatic N) is 2. The van der Waals surface area contributed by atoms with Crippen LogP contribution in [0.15, 0.2) is 97.1 Å². The zero-order chi connectivity index (χ0) is 20.9. The van der Waals surface area contributed by atoms with Gasteiger partial charge in [-0.25, -0.2) is 4.98 Å². The molecule has 4 aromatic carbocycles. The molecule has 0 atom stereocenters. The van der Waals surface area contributed by atoms with Crippen LogP contribution in [-0.4, -0.2) is 9.55 Å². The molecular weight excluding hydrogens is 376 g/mol. The summed E-state index contributed by atoms with van der Waals surface area (Å²) in [4.78, 5) is 5.20. The van der Waals surface area contributed by atoms with Crippen molar-refractivity contribution in [1.82, 2.24) is 9.55 Å². The van der Waals surface area contributed by atoms with Gasteiger partial charge in [0.05, 0.1) is 22.2 Å². The molecule has 0 saturated carbocycles. The van der Waals surface area contributed by atoms with Crippen LogP contribution >= 0.6 is 0 Å². The highest BCUT2D eigenvalue weighted by molar-refractivity contribution is 6.22. The Morgan fingerprint density at radius 3 is 2.06 bits per heavy atom. The third kappa shape index (κ3) is 2.76. The van der Waals surface area contributed by atoms with Gasteiger partial charge in [-0.2, -0.15) is 0 Å². The Morgan fingerprint density at radius 2 is 1.29 bits per heavy atom. The molecule has 2 aromatic heterocycles. The van der Waals surface area contributed by atoms with Crippen molar-refractivity contribution in [3.63, 3.8) is 0 Å². The second kappa shape index (κ2) is 6.82. The average Bonchev–Trinajstić information content (AvgIpc) is 3.14. The lowest BCUT2D eigenvalue weighted by molar-refractivity contribution is 1.18. The van der Waals surface area contributed by atoms with Crippen LogP contribution in [0.25, 0.3) is 49.7 Å². The van der Waals surface area contributed by atoms with Crippen LogP contribution in [0.2, 0.25) is 0 Å². The van der Waals surface area contributed by atoms with Gasteiger partial charge in [-0.15, -0.1) is 0 Å². The fourth-order valence-electron chi connectivity index (χ4n) is 4.85. The van der Waals surface area contributed by atoms with Gasteiger partial charge in [0.25, 0.3) is 0 Å². The number of hydrogen-bond donors (Lipinski definition) is 0. The Balaban J connectivity index is 1.90. The average molecular weight is 399 g/mol. The van der Waals surface area contributed by atoms with E-state index in [9.17, 15) is 0 Å². The fourth-order valence-corrected chi connectivity index (χ4v) is 4.85. The van der Waals surface area contributed by atoms with Crippen molar-refractivity contribution in [2.75, 3.05) is 0 Å². The molecular formula is C29H22N2. The van der Waals surface area contributed by atoms with Gasteiger partial charge < -0.3 is 4.57 Å². The summed E-state index contributed by atoms with van der Waals surface area (Å²) < 4.78 is 2.39. The number of pyridine rings is 1. The molecule has 2 heterocycles. The van der Waals surface area contributed by atoms with Crippen LogP contribution in [-0.2, 0) is 0 Å². The number of aryl methyl sites for hydroxylation is 2. The SMILES string of the molecule is Cc1cc(C)cc(-c2nc3ccccc3c3c2c2ccccc2n3-c2ccccc2)c1. The zero-order valence-corrected chi connectivity index (χ0v) is 17.6. The van der Waals surface area contributed by atoms with E-state index >= 15 is 0 Å². The van der Waals surface area contributed by atoms with E-state index in [0.717, 1.165) is 16.9 Å². The second-order valence-corrected chi connectivity index (χ2v) is 8.27. The summed E-state index contributed by atoms with van der Waals surface area (Å²) in [7, 11) is 0. The van der Waals surface area contributed by atoms with E-state index in [1.54, 1.807) is 0 Å². The summed E-state index contributed by atoms with van der Waals surface area (Å²) >= 11 is 0. The highest BCUT2D eigenvalue weighted by Gasteiger charge is 2.20. The largest absolute Gasteiger partial charge is 0.308 e. The second-order valence-electron chi connectivity index (χ2n) is 8.27. The predicted octanol–water partition coefficient (Wildman–Crippen LogP) is 7.62. The smallest absolute Gasteiger partial charge is 0.0810 e. The maximum absolute atomic E-state index is 5.20. The summed E-state index contributed by atoms with van der Waals surface area (Å²) in [6, 6.07) is 34.5. The van der Waals surface area contributed by atoms with Crippen molar-refractivity contribution in [3.8, 4) is 16.9 Å². The highest BCUT2D eigenvalue weighted by Crippen LogP contribution is 2.41. The van der Waals surface area contributed by atoms with Crippen LogP contribution in [0.5, 0.6) is 0 Å². The Labute approximate surface area is 181 Å². The van der Waals surface area contributed by atoms with Crippen LogP contribution in [0.4, 0.5) is 0 Å². The van der Waals surface area contributed by atoms with Crippen molar-refractivity contribution < 1.29 is 0 Å². The number of para-hydroxylation sites is 3. The minimum atomic E-state index is 1.02. The first-order valence-electron chi connectivity index (χ1n) is 10.7. The topological polar surface area (TPSA) is 17.8 Å². The fraction of sp³-hybridized carbons (Fsp3) is 0.0690. The zero-order valence-electron chi connectivity index (χ0n) is 17.6. The lowest BCUT2D eigenvalue weighted by Gasteiger charge is -2.12. The molecule has 0 unspecified atom stereocenters. The van der Waals surface area contributed by atoms with Gasteiger partial charge in [0.2, 0.25) is 0 Å². The van der Waals surface area contributed by atoms with Crippen molar-refractivity contribution in [2.24, 2.45) is 0 Å². The molecule has 0 spiro atoms. The molecule has 31 heavy (non-hydrogen) atoms. The third-order valence-corrected chi connectivity index (χ3v) is 6.01. The van der Waals surface area contributed by atoms with Crippen molar-refractivity contribution in [3.05, 3.63) is 108 Å². The number of fused-ring (bicyclic) bond motifs is 5. The number of rotatable bonds is 2.